The lowest BCUT2D eigenvalue weighted by Crippen LogP contribution is -2.51. The largest absolute Gasteiger partial charge is 0.471 e. The highest BCUT2D eigenvalue weighted by Crippen LogP contribution is 2.33. The van der Waals surface area contributed by atoms with Gasteiger partial charge in [-0.2, -0.15) is 0 Å². The number of hydrogen-bond acceptors (Lipinski definition) is 8. The van der Waals surface area contributed by atoms with Crippen molar-refractivity contribution in [2.75, 3.05) is 44.8 Å². The molecule has 2 aliphatic rings. The van der Waals surface area contributed by atoms with Crippen LogP contribution in [0.25, 0.3) is 11.3 Å². The molecule has 3 aromatic rings. The van der Waals surface area contributed by atoms with Crippen molar-refractivity contribution in [1.29, 1.82) is 0 Å². The fourth-order valence-corrected chi connectivity index (χ4v) is 5.78. The van der Waals surface area contributed by atoms with Crippen molar-refractivity contribution in [3.63, 3.8) is 0 Å². The number of aryl methyl sites for hydroxylation is 2. The Kier molecular flexibility index (Phi) is 8.70. The van der Waals surface area contributed by atoms with Gasteiger partial charge < -0.3 is 24.7 Å². The van der Waals surface area contributed by atoms with E-state index in [1.165, 1.54) is 0 Å². The molecule has 10 nitrogen and oxygen atoms in total. The number of pyridine rings is 1. The molecule has 0 saturated carbocycles. The predicted molar refractivity (Wildman–Crippen MR) is 159 cm³/mol. The van der Waals surface area contributed by atoms with Crippen LogP contribution < -0.4 is 20.5 Å². The number of carbonyl (C=O) groups excluding carboxylic acids is 1. The number of hydrogen-bond donors (Lipinski definition) is 2. The summed E-state index contributed by atoms with van der Waals surface area (Å²) in [4.78, 5) is 42.8. The first kappa shape index (κ1) is 28.8. The molecule has 0 radical (unpaired) electrons. The number of benzene rings is 1. The highest BCUT2D eigenvalue weighted by Gasteiger charge is 2.27. The Balaban J connectivity index is 1.47. The van der Waals surface area contributed by atoms with E-state index in [2.05, 4.69) is 50.1 Å². The number of aromatic nitrogens is 3. The van der Waals surface area contributed by atoms with Crippen LogP contribution >= 0.6 is 0 Å². The first-order chi connectivity index (χ1) is 19.7. The number of aromatic amines is 1. The number of H-pyrrole nitrogens is 1. The van der Waals surface area contributed by atoms with Gasteiger partial charge in [-0.25, -0.2) is 9.97 Å². The summed E-state index contributed by atoms with van der Waals surface area (Å²) in [5, 5.41) is 2.99. The van der Waals surface area contributed by atoms with Crippen LogP contribution in [0.1, 0.15) is 52.5 Å². The smallest absolute Gasteiger partial charge is 0.253 e. The van der Waals surface area contributed by atoms with Gasteiger partial charge in [-0.3, -0.25) is 14.5 Å². The van der Waals surface area contributed by atoms with Gasteiger partial charge in [0.15, 0.2) is 0 Å². The maximum Gasteiger partial charge on any atom is 0.253 e. The SMILES string of the molecule is CCN(c1cc(-c2cnc(OC3CN(C)C3)cn2)cc(C(=O)NCc2c(C)cc(C)[nH]c2=O)c1C)C1CCOCC1. The monoisotopic (exact) mass is 560 g/mol. The second-order valence-corrected chi connectivity index (χ2v) is 11.1. The molecule has 0 unspecified atom stereocenters. The van der Waals surface area contributed by atoms with E-state index in [-0.39, 0.29) is 24.1 Å². The minimum Gasteiger partial charge on any atom is -0.471 e. The first-order valence-corrected chi connectivity index (χ1v) is 14.4. The molecule has 5 rings (SSSR count). The minimum absolute atomic E-state index is 0.128. The average Bonchev–Trinajstić information content (AvgIpc) is 2.94. The Morgan fingerprint density at radius 1 is 1.15 bits per heavy atom. The summed E-state index contributed by atoms with van der Waals surface area (Å²) >= 11 is 0. The normalized spacial score (nSPS) is 16.3. The van der Waals surface area contributed by atoms with Crippen molar-refractivity contribution in [3.8, 4) is 17.1 Å². The van der Waals surface area contributed by atoms with Crippen LogP contribution in [0.2, 0.25) is 0 Å². The molecule has 4 heterocycles. The van der Waals surface area contributed by atoms with Gasteiger partial charge in [0.2, 0.25) is 5.88 Å². The maximum absolute atomic E-state index is 13.7. The van der Waals surface area contributed by atoms with Gasteiger partial charge in [-0.1, -0.05) is 0 Å². The maximum atomic E-state index is 13.7. The van der Waals surface area contributed by atoms with E-state index in [1.807, 2.05) is 32.9 Å². The number of nitrogens with zero attached hydrogens (tertiary/aromatic N) is 4. The van der Waals surface area contributed by atoms with Gasteiger partial charge in [0.1, 0.15) is 6.10 Å². The number of anilines is 1. The van der Waals surface area contributed by atoms with Crippen LogP contribution in [0.4, 0.5) is 5.69 Å². The molecule has 0 spiro atoms. The molecule has 0 atom stereocenters. The molecular formula is C31H40N6O4. The van der Waals surface area contributed by atoms with E-state index in [1.54, 1.807) is 12.4 Å². The zero-order valence-corrected chi connectivity index (χ0v) is 24.6. The Morgan fingerprint density at radius 3 is 2.54 bits per heavy atom. The van der Waals surface area contributed by atoms with Gasteiger partial charge in [0, 0.05) is 73.5 Å². The molecule has 2 aromatic heterocycles. The zero-order valence-electron chi connectivity index (χ0n) is 24.6. The number of nitrogens with one attached hydrogen (secondary N) is 2. The molecule has 2 N–H and O–H groups in total. The first-order valence-electron chi connectivity index (χ1n) is 14.4. The van der Waals surface area contributed by atoms with Crippen LogP contribution in [-0.2, 0) is 11.3 Å². The summed E-state index contributed by atoms with van der Waals surface area (Å²) in [6.07, 6.45) is 5.33. The standard InChI is InChI=1S/C31H40N6O4/c1-6-37(23-7-9-40-10-8-23)28-13-22(27-15-33-29(16-32-27)41-24-17-36(5)18-24)12-25(21(28)4)30(38)34-14-26-19(2)11-20(3)35-31(26)39/h11-13,15-16,23-24H,6-10,14,17-18H2,1-5H3,(H,34,38)(H,35,39). The Bertz CT molecular complexity index is 1440. The van der Waals surface area contributed by atoms with E-state index < -0.39 is 0 Å². The second kappa shape index (κ2) is 12.4. The van der Waals surface area contributed by atoms with Crippen LogP contribution in [0.3, 0.4) is 0 Å². The predicted octanol–water partition coefficient (Wildman–Crippen LogP) is 3.39. The number of amides is 1. The molecule has 1 amide bonds. The van der Waals surface area contributed by atoms with Gasteiger partial charge >= 0.3 is 0 Å². The van der Waals surface area contributed by atoms with Crippen LogP contribution in [0, 0.1) is 20.8 Å². The van der Waals surface area contributed by atoms with E-state index in [0.29, 0.717) is 28.7 Å². The van der Waals surface area contributed by atoms with E-state index >= 15 is 0 Å². The molecule has 1 aromatic carbocycles. The van der Waals surface area contributed by atoms with Crippen molar-refractivity contribution in [2.45, 2.75) is 59.2 Å². The van der Waals surface area contributed by atoms with Crippen molar-refractivity contribution in [1.82, 2.24) is 25.2 Å². The van der Waals surface area contributed by atoms with Crippen molar-refractivity contribution >= 4 is 11.6 Å². The molecule has 2 fully saturated rings. The molecule has 10 heteroatoms. The Labute approximate surface area is 241 Å². The van der Waals surface area contributed by atoms with Crippen molar-refractivity contribution in [2.24, 2.45) is 0 Å². The van der Waals surface area contributed by atoms with Crippen LogP contribution in [-0.4, -0.2) is 77.8 Å². The van der Waals surface area contributed by atoms with Gasteiger partial charge in [0.25, 0.3) is 11.5 Å². The summed E-state index contributed by atoms with van der Waals surface area (Å²) in [5.41, 5.74) is 5.89. The summed E-state index contributed by atoms with van der Waals surface area (Å²) in [6, 6.07) is 6.19. The molecule has 0 aliphatic carbocycles. The Hall–Kier alpha value is -3.76. The molecular weight excluding hydrogens is 520 g/mol. The number of ether oxygens (including phenoxy) is 2. The van der Waals surface area contributed by atoms with Crippen LogP contribution in [0.5, 0.6) is 5.88 Å². The van der Waals surface area contributed by atoms with Gasteiger partial charge in [-0.15, -0.1) is 0 Å². The molecule has 2 saturated heterocycles. The third-order valence-corrected chi connectivity index (χ3v) is 8.07. The highest BCUT2D eigenvalue weighted by atomic mass is 16.5. The molecule has 218 valence electrons. The summed E-state index contributed by atoms with van der Waals surface area (Å²) < 4.78 is 11.5. The number of rotatable bonds is 9. The zero-order chi connectivity index (χ0) is 29.1. The lowest BCUT2D eigenvalue weighted by Gasteiger charge is -2.37. The van der Waals surface area contributed by atoms with E-state index in [0.717, 1.165) is 73.8 Å². The van der Waals surface area contributed by atoms with E-state index in [9.17, 15) is 9.59 Å². The number of carbonyl (C=O) groups is 1. The quantitative estimate of drug-likeness (QED) is 0.410. The highest BCUT2D eigenvalue weighted by molar-refractivity contribution is 5.98. The lowest BCUT2D eigenvalue weighted by molar-refractivity contribution is 0.0353. The van der Waals surface area contributed by atoms with Crippen molar-refractivity contribution in [3.05, 3.63) is 68.9 Å². The Morgan fingerprint density at radius 2 is 1.90 bits per heavy atom. The fourth-order valence-electron chi connectivity index (χ4n) is 5.78. The fraction of sp³-hybridized carbons (Fsp3) is 0.484. The summed E-state index contributed by atoms with van der Waals surface area (Å²) in [5.74, 6) is 0.253. The van der Waals surface area contributed by atoms with Gasteiger partial charge in [-0.05, 0) is 76.9 Å². The topological polar surface area (TPSA) is 113 Å². The molecule has 41 heavy (non-hydrogen) atoms. The summed E-state index contributed by atoms with van der Waals surface area (Å²) in [7, 11) is 2.05. The number of likely N-dealkylation sites (tertiary alicyclic amines) is 1. The average molecular weight is 561 g/mol. The van der Waals surface area contributed by atoms with E-state index in [4.69, 9.17) is 9.47 Å². The molecule has 2 aliphatic heterocycles. The number of likely N-dealkylation sites (N-methyl/N-ethyl adjacent to an activating group) is 1. The third kappa shape index (κ3) is 6.44. The second-order valence-electron chi connectivity index (χ2n) is 11.1. The van der Waals surface area contributed by atoms with Gasteiger partial charge in [0.05, 0.1) is 18.1 Å². The molecule has 0 bridgehead atoms. The van der Waals surface area contributed by atoms with Crippen molar-refractivity contribution < 1.29 is 14.3 Å². The third-order valence-electron chi connectivity index (χ3n) is 8.07. The minimum atomic E-state index is -0.241. The summed E-state index contributed by atoms with van der Waals surface area (Å²) in [6.45, 7) is 12.0. The lowest BCUT2D eigenvalue weighted by atomic mass is 9.97. The van der Waals surface area contributed by atoms with Crippen LogP contribution in [0.15, 0.2) is 35.4 Å².